The number of likely N-dealkylation sites (N-methyl/N-ethyl adjacent to an activating group) is 1. The average Bonchev–Trinajstić information content (AvgIpc) is 3.20. The normalized spacial score (nSPS) is 13.5. The van der Waals surface area contributed by atoms with Crippen molar-refractivity contribution in [2.24, 2.45) is 0 Å². The largest absolute Gasteiger partial charge is 0.335 e. The van der Waals surface area contributed by atoms with Crippen molar-refractivity contribution in [3.05, 3.63) is 77.3 Å². The van der Waals surface area contributed by atoms with Crippen LogP contribution in [0.15, 0.2) is 66.7 Å². The Bertz CT molecular complexity index is 1110. The lowest BCUT2D eigenvalue weighted by Gasteiger charge is -2.25. The Hall–Kier alpha value is -2.76. The van der Waals surface area contributed by atoms with Crippen molar-refractivity contribution in [3.63, 3.8) is 0 Å². The van der Waals surface area contributed by atoms with E-state index < -0.39 is 0 Å². The monoisotopic (exact) mass is 403 g/mol. The number of benzene rings is 3. The van der Waals surface area contributed by atoms with E-state index in [4.69, 9.17) is 4.98 Å². The predicted molar refractivity (Wildman–Crippen MR) is 121 cm³/mol. The third-order valence-electron chi connectivity index (χ3n) is 5.49. The molecule has 1 N–H and O–H groups in total. The Morgan fingerprint density at radius 3 is 2.59 bits per heavy atom. The number of fused-ring (bicyclic) bond motifs is 2. The second-order valence-electron chi connectivity index (χ2n) is 7.37. The Morgan fingerprint density at radius 1 is 1.03 bits per heavy atom. The number of hydrogen-bond donors (Lipinski definition) is 1. The first-order valence-electron chi connectivity index (χ1n) is 9.87. The van der Waals surface area contributed by atoms with Crippen LogP contribution in [-0.4, -0.2) is 29.4 Å². The third kappa shape index (κ3) is 4.02. The van der Waals surface area contributed by atoms with E-state index >= 15 is 0 Å². The molecule has 3 aromatic carbocycles. The van der Waals surface area contributed by atoms with Gasteiger partial charge >= 0.3 is 0 Å². The van der Waals surface area contributed by atoms with Gasteiger partial charge in [0.25, 0.3) is 0 Å². The van der Waals surface area contributed by atoms with Crippen LogP contribution in [0.25, 0.3) is 21.0 Å². The molecule has 0 saturated carbocycles. The molecule has 0 aliphatic rings. The van der Waals surface area contributed by atoms with Crippen molar-refractivity contribution < 1.29 is 4.79 Å². The van der Waals surface area contributed by atoms with Gasteiger partial charge in [-0.05, 0) is 42.3 Å². The molecule has 2 atom stereocenters. The molecule has 4 nitrogen and oxygen atoms in total. The zero-order valence-corrected chi connectivity index (χ0v) is 17.7. The molecule has 29 heavy (non-hydrogen) atoms. The lowest BCUT2D eigenvalue weighted by molar-refractivity contribution is -0.131. The van der Waals surface area contributed by atoms with Crippen molar-refractivity contribution in [1.29, 1.82) is 0 Å². The van der Waals surface area contributed by atoms with Crippen LogP contribution < -0.4 is 5.32 Å². The van der Waals surface area contributed by atoms with Gasteiger partial charge in [-0.1, -0.05) is 54.6 Å². The van der Waals surface area contributed by atoms with Gasteiger partial charge in [0.2, 0.25) is 5.91 Å². The van der Waals surface area contributed by atoms with Crippen molar-refractivity contribution in [1.82, 2.24) is 15.2 Å². The second-order valence-corrected chi connectivity index (χ2v) is 8.43. The van der Waals surface area contributed by atoms with Gasteiger partial charge in [-0.2, -0.15) is 0 Å². The van der Waals surface area contributed by atoms with Crippen LogP contribution >= 0.6 is 11.3 Å². The Morgan fingerprint density at radius 2 is 1.76 bits per heavy atom. The molecule has 0 unspecified atom stereocenters. The molecular weight excluding hydrogens is 378 g/mol. The van der Waals surface area contributed by atoms with Crippen LogP contribution in [-0.2, 0) is 4.79 Å². The van der Waals surface area contributed by atoms with E-state index in [9.17, 15) is 4.79 Å². The minimum Gasteiger partial charge on any atom is -0.335 e. The van der Waals surface area contributed by atoms with Gasteiger partial charge in [-0.25, -0.2) is 4.98 Å². The minimum absolute atomic E-state index is 0.0591. The molecule has 1 aromatic heterocycles. The van der Waals surface area contributed by atoms with Crippen molar-refractivity contribution in [2.45, 2.75) is 25.9 Å². The van der Waals surface area contributed by atoms with Crippen LogP contribution in [0.1, 0.15) is 36.5 Å². The molecule has 0 bridgehead atoms. The number of nitrogens with zero attached hydrogens (tertiary/aromatic N) is 2. The SMILES string of the molecule is C[C@H](c1nc2ccccc2s1)N(C)C(=O)CN[C@H](C)c1cccc2ccccc12. The maximum Gasteiger partial charge on any atom is 0.236 e. The molecule has 0 radical (unpaired) electrons. The molecule has 0 fully saturated rings. The summed E-state index contributed by atoms with van der Waals surface area (Å²) in [6, 6.07) is 22.8. The van der Waals surface area contributed by atoms with E-state index in [1.165, 1.54) is 16.3 Å². The number of hydrogen-bond acceptors (Lipinski definition) is 4. The van der Waals surface area contributed by atoms with Crippen LogP contribution in [0.4, 0.5) is 0 Å². The quantitative estimate of drug-likeness (QED) is 0.474. The van der Waals surface area contributed by atoms with Crippen LogP contribution in [0.3, 0.4) is 0 Å². The van der Waals surface area contributed by atoms with E-state index in [1.54, 1.807) is 16.2 Å². The molecule has 4 aromatic rings. The summed E-state index contributed by atoms with van der Waals surface area (Å²) < 4.78 is 1.15. The number of nitrogens with one attached hydrogen (secondary N) is 1. The van der Waals surface area contributed by atoms with Gasteiger partial charge < -0.3 is 10.2 Å². The highest BCUT2D eigenvalue weighted by atomic mass is 32.1. The highest BCUT2D eigenvalue weighted by molar-refractivity contribution is 7.18. The van der Waals surface area contributed by atoms with Crippen LogP contribution in [0, 0.1) is 0 Å². The zero-order chi connectivity index (χ0) is 20.4. The van der Waals surface area contributed by atoms with E-state index in [2.05, 4.69) is 54.7 Å². The first kappa shape index (κ1) is 19.6. The fourth-order valence-electron chi connectivity index (χ4n) is 3.55. The highest BCUT2D eigenvalue weighted by Gasteiger charge is 2.21. The Labute approximate surface area is 175 Å². The third-order valence-corrected chi connectivity index (χ3v) is 6.70. The van der Waals surface area contributed by atoms with Crippen LogP contribution in [0.5, 0.6) is 0 Å². The first-order valence-corrected chi connectivity index (χ1v) is 10.7. The average molecular weight is 404 g/mol. The molecule has 5 heteroatoms. The Balaban J connectivity index is 1.43. The van der Waals surface area contributed by atoms with E-state index in [0.717, 1.165) is 15.2 Å². The molecule has 0 aliphatic heterocycles. The predicted octanol–water partition coefficient (Wildman–Crippen LogP) is 5.32. The lowest BCUT2D eigenvalue weighted by atomic mass is 10.00. The molecule has 148 valence electrons. The van der Waals surface area contributed by atoms with Gasteiger partial charge in [0, 0.05) is 13.1 Å². The van der Waals surface area contributed by atoms with Crippen molar-refractivity contribution >= 4 is 38.2 Å². The summed E-state index contributed by atoms with van der Waals surface area (Å²) in [5.41, 5.74) is 2.20. The topological polar surface area (TPSA) is 45.2 Å². The number of para-hydroxylation sites is 1. The molecular formula is C24H25N3OS. The molecule has 1 amide bonds. The zero-order valence-electron chi connectivity index (χ0n) is 16.9. The molecule has 0 saturated heterocycles. The summed E-state index contributed by atoms with van der Waals surface area (Å²) in [7, 11) is 1.85. The van der Waals surface area contributed by atoms with E-state index in [-0.39, 0.29) is 24.5 Å². The summed E-state index contributed by atoms with van der Waals surface area (Å²) >= 11 is 1.65. The summed E-state index contributed by atoms with van der Waals surface area (Å²) in [6.45, 7) is 4.42. The number of aromatic nitrogens is 1. The maximum absolute atomic E-state index is 12.8. The standard InChI is InChI=1S/C24H25N3OS/c1-16(19-12-8-10-18-9-4-5-11-20(18)19)25-15-23(28)27(3)17(2)24-26-21-13-6-7-14-22(21)29-24/h4-14,16-17,25H,15H2,1-3H3/t16-,17-/m1/s1. The van der Waals surface area contributed by atoms with E-state index in [1.807, 2.05) is 38.2 Å². The first-order chi connectivity index (χ1) is 14.0. The van der Waals surface area contributed by atoms with E-state index in [0.29, 0.717) is 0 Å². The number of rotatable bonds is 6. The summed E-state index contributed by atoms with van der Waals surface area (Å²) in [5, 5.41) is 6.79. The van der Waals surface area contributed by atoms with Gasteiger partial charge in [0.1, 0.15) is 5.01 Å². The van der Waals surface area contributed by atoms with Gasteiger partial charge in [-0.15, -0.1) is 11.3 Å². The minimum atomic E-state index is -0.0606. The maximum atomic E-state index is 12.8. The number of carbonyl (C=O) groups excluding carboxylic acids is 1. The summed E-state index contributed by atoms with van der Waals surface area (Å²) in [6.07, 6.45) is 0. The Kier molecular flexibility index (Phi) is 5.60. The molecule has 0 spiro atoms. The summed E-state index contributed by atoms with van der Waals surface area (Å²) in [4.78, 5) is 19.3. The van der Waals surface area contributed by atoms with Gasteiger partial charge in [0.15, 0.2) is 0 Å². The van der Waals surface area contributed by atoms with Gasteiger partial charge in [0.05, 0.1) is 22.8 Å². The highest BCUT2D eigenvalue weighted by Crippen LogP contribution is 2.29. The summed E-state index contributed by atoms with van der Waals surface area (Å²) in [5.74, 6) is 0.0591. The fraction of sp³-hybridized carbons (Fsp3) is 0.250. The second kappa shape index (κ2) is 8.31. The lowest BCUT2D eigenvalue weighted by Crippen LogP contribution is -2.37. The van der Waals surface area contributed by atoms with Crippen LogP contribution in [0.2, 0.25) is 0 Å². The molecule has 1 heterocycles. The number of amides is 1. The smallest absolute Gasteiger partial charge is 0.236 e. The van der Waals surface area contributed by atoms with Gasteiger partial charge in [-0.3, -0.25) is 4.79 Å². The fourth-order valence-corrected chi connectivity index (χ4v) is 4.62. The van der Waals surface area contributed by atoms with Crippen molar-refractivity contribution in [2.75, 3.05) is 13.6 Å². The number of carbonyl (C=O) groups is 1. The van der Waals surface area contributed by atoms with Crippen molar-refractivity contribution in [3.8, 4) is 0 Å². The number of thiazole rings is 1. The molecule has 4 rings (SSSR count). The molecule has 0 aliphatic carbocycles.